The lowest BCUT2D eigenvalue weighted by atomic mass is 10.2. The molecule has 0 aliphatic heterocycles. The molecule has 0 bridgehead atoms. The molecule has 170 valence electrons. The van der Waals surface area contributed by atoms with Gasteiger partial charge in [-0.25, -0.2) is 4.68 Å². The highest BCUT2D eigenvalue weighted by Gasteiger charge is 2.18. The van der Waals surface area contributed by atoms with Gasteiger partial charge in [0.25, 0.3) is 0 Å². The first-order chi connectivity index (χ1) is 16.2. The molecule has 2 heterocycles. The number of carbonyl (C=O) groups excluding carboxylic acids is 1. The van der Waals surface area contributed by atoms with Gasteiger partial charge in [-0.05, 0) is 37.3 Å². The SMILES string of the molecule is CCOc1ccccc1CNC(=O)C[S@@](=O)Cc1cnn(-c2ccccc2)c1-n1cccc1. The molecule has 0 aliphatic rings. The number of nitrogens with one attached hydrogen (secondary N) is 1. The van der Waals surface area contributed by atoms with Gasteiger partial charge in [-0.2, -0.15) is 5.10 Å². The third-order valence-corrected chi connectivity index (χ3v) is 6.24. The molecular weight excluding hydrogens is 436 g/mol. The van der Waals surface area contributed by atoms with Crippen molar-refractivity contribution in [3.8, 4) is 17.3 Å². The quantitative estimate of drug-likeness (QED) is 0.390. The second kappa shape index (κ2) is 10.8. The second-order valence-electron chi connectivity index (χ2n) is 7.38. The lowest BCUT2D eigenvalue weighted by Gasteiger charge is -2.12. The van der Waals surface area contributed by atoms with Crippen LogP contribution in [-0.4, -0.2) is 36.8 Å². The van der Waals surface area contributed by atoms with Gasteiger partial charge in [-0.3, -0.25) is 9.00 Å². The van der Waals surface area contributed by atoms with E-state index in [0.29, 0.717) is 13.2 Å². The highest BCUT2D eigenvalue weighted by Crippen LogP contribution is 2.21. The van der Waals surface area contributed by atoms with Gasteiger partial charge < -0.3 is 14.6 Å². The monoisotopic (exact) mass is 462 g/mol. The minimum absolute atomic E-state index is 0.0849. The van der Waals surface area contributed by atoms with Gasteiger partial charge in [0.1, 0.15) is 17.3 Å². The Hall–Kier alpha value is -3.65. The second-order valence-corrected chi connectivity index (χ2v) is 8.83. The van der Waals surface area contributed by atoms with Crippen LogP contribution in [0.3, 0.4) is 0 Å². The molecule has 0 spiro atoms. The first-order valence-electron chi connectivity index (χ1n) is 10.7. The molecular formula is C25H26N4O3S. The van der Waals surface area contributed by atoms with Crippen molar-refractivity contribution < 1.29 is 13.7 Å². The number of carbonyl (C=O) groups is 1. The summed E-state index contributed by atoms with van der Waals surface area (Å²) in [6.45, 7) is 2.79. The van der Waals surface area contributed by atoms with E-state index in [2.05, 4.69) is 10.4 Å². The van der Waals surface area contributed by atoms with Gasteiger partial charge >= 0.3 is 0 Å². The fourth-order valence-corrected chi connectivity index (χ4v) is 4.60. The van der Waals surface area contributed by atoms with Crippen LogP contribution < -0.4 is 10.1 Å². The van der Waals surface area contributed by atoms with E-state index in [-0.39, 0.29) is 17.4 Å². The average Bonchev–Trinajstić information content (AvgIpc) is 3.49. The van der Waals surface area contributed by atoms with E-state index >= 15 is 0 Å². The molecule has 0 saturated heterocycles. The Bertz CT molecular complexity index is 1220. The number of amides is 1. The number of rotatable bonds is 10. The van der Waals surface area contributed by atoms with Crippen molar-refractivity contribution in [3.05, 3.63) is 96.4 Å². The van der Waals surface area contributed by atoms with Gasteiger partial charge in [0, 0.05) is 40.9 Å². The van der Waals surface area contributed by atoms with Crippen LogP contribution in [0.4, 0.5) is 0 Å². The summed E-state index contributed by atoms with van der Waals surface area (Å²) in [4.78, 5) is 12.5. The number of hydrogen-bond donors (Lipinski definition) is 1. The van der Waals surface area contributed by atoms with E-state index in [9.17, 15) is 9.00 Å². The maximum Gasteiger partial charge on any atom is 0.232 e. The van der Waals surface area contributed by atoms with E-state index in [1.165, 1.54) is 0 Å². The summed E-state index contributed by atoms with van der Waals surface area (Å²) in [5, 5.41) is 7.37. The Morgan fingerprint density at radius 1 is 1.00 bits per heavy atom. The molecule has 33 heavy (non-hydrogen) atoms. The molecule has 1 atom stereocenters. The van der Waals surface area contributed by atoms with Crippen LogP contribution in [0.25, 0.3) is 11.5 Å². The Labute approximate surface area is 195 Å². The highest BCUT2D eigenvalue weighted by atomic mass is 32.2. The smallest absolute Gasteiger partial charge is 0.232 e. The van der Waals surface area contributed by atoms with Crippen LogP contribution >= 0.6 is 0 Å². The Balaban J connectivity index is 1.44. The van der Waals surface area contributed by atoms with E-state index < -0.39 is 10.8 Å². The Morgan fingerprint density at radius 2 is 1.73 bits per heavy atom. The van der Waals surface area contributed by atoms with E-state index in [1.807, 2.05) is 95.3 Å². The summed E-state index contributed by atoms with van der Waals surface area (Å²) >= 11 is 0. The molecule has 1 amide bonds. The maximum absolute atomic E-state index is 12.9. The summed E-state index contributed by atoms with van der Waals surface area (Å²) in [5.74, 6) is 1.43. The van der Waals surface area contributed by atoms with Crippen molar-refractivity contribution in [2.75, 3.05) is 12.4 Å². The summed E-state index contributed by atoms with van der Waals surface area (Å²) in [6, 6.07) is 21.2. The highest BCUT2D eigenvalue weighted by molar-refractivity contribution is 7.84. The van der Waals surface area contributed by atoms with E-state index in [4.69, 9.17) is 4.74 Å². The van der Waals surface area contributed by atoms with Crippen LogP contribution in [0.5, 0.6) is 5.75 Å². The standard InChI is InChI=1S/C25H26N4O3S/c1-2-32-23-13-7-6-10-20(23)16-26-24(30)19-33(31)18-21-17-27-29(22-11-4-3-5-12-22)25(21)28-14-8-9-15-28/h3-15,17H,2,16,18-19H2,1H3,(H,26,30)/t33-/m0/s1. The predicted octanol–water partition coefficient (Wildman–Crippen LogP) is 3.63. The zero-order valence-corrected chi connectivity index (χ0v) is 19.2. The zero-order valence-electron chi connectivity index (χ0n) is 18.4. The van der Waals surface area contributed by atoms with E-state index in [0.717, 1.165) is 28.4 Å². The number of aromatic nitrogens is 3. The van der Waals surface area contributed by atoms with Crippen molar-refractivity contribution in [2.45, 2.75) is 19.2 Å². The van der Waals surface area contributed by atoms with Crippen molar-refractivity contribution in [1.82, 2.24) is 19.7 Å². The number of nitrogens with zero attached hydrogens (tertiary/aromatic N) is 3. The molecule has 1 N–H and O–H groups in total. The minimum Gasteiger partial charge on any atom is -0.494 e. The third kappa shape index (κ3) is 5.59. The number of para-hydroxylation sites is 2. The van der Waals surface area contributed by atoms with Gasteiger partial charge in [0.2, 0.25) is 5.91 Å². The molecule has 0 radical (unpaired) electrons. The van der Waals surface area contributed by atoms with Gasteiger partial charge in [0.05, 0.1) is 24.2 Å². The van der Waals surface area contributed by atoms with Gasteiger partial charge in [-0.1, -0.05) is 36.4 Å². The van der Waals surface area contributed by atoms with Crippen molar-refractivity contribution >= 4 is 16.7 Å². The molecule has 0 fully saturated rings. The summed E-state index contributed by atoms with van der Waals surface area (Å²) in [7, 11) is -1.39. The third-order valence-electron chi connectivity index (χ3n) is 5.02. The zero-order chi connectivity index (χ0) is 23.0. The Morgan fingerprint density at radius 3 is 2.48 bits per heavy atom. The average molecular weight is 463 g/mol. The number of benzene rings is 2. The number of ether oxygens (including phenoxy) is 1. The summed E-state index contributed by atoms with van der Waals surface area (Å²) < 4.78 is 22.2. The lowest BCUT2D eigenvalue weighted by Crippen LogP contribution is -2.28. The lowest BCUT2D eigenvalue weighted by molar-refractivity contribution is -0.118. The molecule has 0 unspecified atom stereocenters. The van der Waals surface area contributed by atoms with Gasteiger partial charge in [0.15, 0.2) is 0 Å². The normalized spacial score (nSPS) is 11.8. The Kier molecular flexibility index (Phi) is 7.36. The minimum atomic E-state index is -1.39. The molecule has 2 aromatic carbocycles. The topological polar surface area (TPSA) is 78.2 Å². The van der Waals surface area contributed by atoms with Gasteiger partial charge in [-0.15, -0.1) is 0 Å². The van der Waals surface area contributed by atoms with Crippen LogP contribution in [0.1, 0.15) is 18.1 Å². The summed E-state index contributed by atoms with van der Waals surface area (Å²) in [5.41, 5.74) is 2.60. The molecule has 8 heteroatoms. The molecule has 0 saturated carbocycles. The fourth-order valence-electron chi connectivity index (χ4n) is 3.55. The number of hydrogen-bond acceptors (Lipinski definition) is 4. The predicted molar refractivity (Wildman–Crippen MR) is 129 cm³/mol. The largest absolute Gasteiger partial charge is 0.494 e. The van der Waals surface area contributed by atoms with Crippen molar-refractivity contribution in [1.29, 1.82) is 0 Å². The first-order valence-corrected chi connectivity index (χ1v) is 12.2. The molecule has 4 rings (SSSR count). The van der Waals surface area contributed by atoms with Crippen LogP contribution in [0.15, 0.2) is 85.3 Å². The van der Waals surface area contributed by atoms with Crippen LogP contribution in [-0.2, 0) is 27.9 Å². The molecule has 4 aromatic rings. The molecule has 0 aliphatic carbocycles. The molecule has 7 nitrogen and oxygen atoms in total. The summed E-state index contributed by atoms with van der Waals surface area (Å²) in [6.07, 6.45) is 5.56. The van der Waals surface area contributed by atoms with Crippen LogP contribution in [0, 0.1) is 0 Å². The van der Waals surface area contributed by atoms with Crippen molar-refractivity contribution in [3.63, 3.8) is 0 Å². The van der Waals surface area contributed by atoms with Crippen LogP contribution in [0.2, 0.25) is 0 Å². The molecule has 2 aromatic heterocycles. The van der Waals surface area contributed by atoms with Crippen molar-refractivity contribution in [2.24, 2.45) is 0 Å². The maximum atomic E-state index is 12.9. The first kappa shape index (κ1) is 22.5. The van der Waals surface area contributed by atoms with E-state index in [1.54, 1.807) is 6.20 Å². The fraction of sp³-hybridized carbons (Fsp3) is 0.200.